The zero-order valence-electron chi connectivity index (χ0n) is 11.1. The molecule has 4 nitrogen and oxygen atoms in total. The second kappa shape index (κ2) is 5.69. The Hall–Kier alpha value is -0.780. The molecule has 0 radical (unpaired) electrons. The fraction of sp³-hybridized carbons (Fsp3) is 0.538. The second-order valence-corrected chi connectivity index (χ2v) is 7.25. The summed E-state index contributed by atoms with van der Waals surface area (Å²) in [6.45, 7) is 3.18. The number of methoxy groups -OCH3 is 1. The summed E-state index contributed by atoms with van der Waals surface area (Å²) in [5.41, 5.74) is 0. The summed E-state index contributed by atoms with van der Waals surface area (Å²) in [5, 5.41) is 0.393. The Bertz CT molecular complexity index is 559. The molecule has 0 unspecified atom stereocenters. The smallest absolute Gasteiger partial charge is 0.246 e. The molecule has 1 aromatic carbocycles. The van der Waals surface area contributed by atoms with Gasteiger partial charge in [0.05, 0.1) is 7.11 Å². The SMILES string of the molecule is COc1ccc(Cl)cc1S(=O)(=O)N1CCC[C@H](C)C1. The van der Waals surface area contributed by atoms with Gasteiger partial charge in [-0.1, -0.05) is 18.5 Å². The number of hydrogen-bond acceptors (Lipinski definition) is 3. The third-order valence-electron chi connectivity index (χ3n) is 3.36. The minimum atomic E-state index is -3.54. The summed E-state index contributed by atoms with van der Waals surface area (Å²) in [6, 6.07) is 4.66. The van der Waals surface area contributed by atoms with Crippen LogP contribution < -0.4 is 4.74 Å². The van der Waals surface area contributed by atoms with Crippen molar-refractivity contribution >= 4 is 21.6 Å². The maximum atomic E-state index is 12.7. The molecule has 19 heavy (non-hydrogen) atoms. The molecule has 0 bridgehead atoms. The van der Waals surface area contributed by atoms with Gasteiger partial charge in [-0.15, -0.1) is 0 Å². The van der Waals surface area contributed by atoms with E-state index in [2.05, 4.69) is 6.92 Å². The lowest BCUT2D eigenvalue weighted by atomic mass is 10.0. The van der Waals surface area contributed by atoms with Gasteiger partial charge >= 0.3 is 0 Å². The highest BCUT2D eigenvalue weighted by molar-refractivity contribution is 7.89. The molecule has 0 aromatic heterocycles. The van der Waals surface area contributed by atoms with Crippen LogP contribution in [-0.2, 0) is 10.0 Å². The number of halogens is 1. The molecule has 0 spiro atoms. The Labute approximate surface area is 119 Å². The van der Waals surface area contributed by atoms with Crippen molar-refractivity contribution in [3.05, 3.63) is 23.2 Å². The standard InChI is InChI=1S/C13H18ClNO3S/c1-10-4-3-7-15(9-10)19(16,17)13-8-11(14)5-6-12(13)18-2/h5-6,8,10H,3-4,7,9H2,1-2H3/t10-/m0/s1. The van der Waals surface area contributed by atoms with Gasteiger partial charge in [-0.05, 0) is 37.0 Å². The lowest BCUT2D eigenvalue weighted by molar-refractivity contribution is 0.280. The van der Waals surface area contributed by atoms with Gasteiger partial charge in [-0.3, -0.25) is 0 Å². The lowest BCUT2D eigenvalue weighted by Gasteiger charge is -2.30. The highest BCUT2D eigenvalue weighted by Gasteiger charge is 2.31. The molecule has 0 amide bonds. The summed E-state index contributed by atoms with van der Waals surface area (Å²) in [7, 11) is -2.08. The maximum Gasteiger partial charge on any atom is 0.246 e. The molecule has 106 valence electrons. The average Bonchev–Trinajstić information content (AvgIpc) is 2.38. The Morgan fingerprint density at radius 3 is 2.79 bits per heavy atom. The van der Waals surface area contributed by atoms with E-state index in [-0.39, 0.29) is 4.90 Å². The molecule has 1 saturated heterocycles. The highest BCUT2D eigenvalue weighted by atomic mass is 35.5. The number of ether oxygens (including phenoxy) is 1. The number of hydrogen-bond donors (Lipinski definition) is 0. The number of sulfonamides is 1. The molecule has 0 aliphatic carbocycles. The molecule has 0 saturated carbocycles. The number of benzene rings is 1. The van der Waals surface area contributed by atoms with E-state index in [0.29, 0.717) is 29.8 Å². The van der Waals surface area contributed by atoms with Crippen LogP contribution in [0.1, 0.15) is 19.8 Å². The molecule has 1 fully saturated rings. The van der Waals surface area contributed by atoms with Gasteiger partial charge in [0.15, 0.2) is 0 Å². The zero-order valence-corrected chi connectivity index (χ0v) is 12.7. The zero-order chi connectivity index (χ0) is 14.0. The molecule has 1 atom stereocenters. The van der Waals surface area contributed by atoms with Crippen molar-refractivity contribution in [3.8, 4) is 5.75 Å². The Kier molecular flexibility index (Phi) is 4.38. The molecule has 0 N–H and O–H groups in total. The van der Waals surface area contributed by atoms with Crippen molar-refractivity contribution in [2.75, 3.05) is 20.2 Å². The van der Waals surface area contributed by atoms with Crippen LogP contribution in [0.25, 0.3) is 0 Å². The summed E-state index contributed by atoms with van der Waals surface area (Å²) in [6.07, 6.45) is 1.96. The van der Waals surface area contributed by atoms with E-state index < -0.39 is 10.0 Å². The molecular weight excluding hydrogens is 286 g/mol. The summed E-state index contributed by atoms with van der Waals surface area (Å²) < 4.78 is 32.0. The number of rotatable bonds is 3. The fourth-order valence-electron chi connectivity index (χ4n) is 2.36. The van der Waals surface area contributed by atoms with Crippen LogP contribution in [0.4, 0.5) is 0 Å². The van der Waals surface area contributed by atoms with Gasteiger partial charge in [0.2, 0.25) is 10.0 Å². The third kappa shape index (κ3) is 3.04. The third-order valence-corrected chi connectivity index (χ3v) is 5.48. The van der Waals surface area contributed by atoms with E-state index in [4.69, 9.17) is 16.3 Å². The topological polar surface area (TPSA) is 46.6 Å². The molecule has 2 rings (SSSR count). The van der Waals surface area contributed by atoms with Crippen LogP contribution in [0.3, 0.4) is 0 Å². The van der Waals surface area contributed by atoms with Gasteiger partial charge < -0.3 is 4.74 Å². The van der Waals surface area contributed by atoms with Gasteiger partial charge in [0.1, 0.15) is 10.6 Å². The van der Waals surface area contributed by atoms with E-state index in [1.54, 1.807) is 12.1 Å². The molecule has 1 aromatic rings. The Morgan fingerprint density at radius 1 is 1.42 bits per heavy atom. The molecule has 1 aliphatic rings. The van der Waals surface area contributed by atoms with Crippen molar-refractivity contribution < 1.29 is 13.2 Å². The second-order valence-electron chi connectivity index (χ2n) is 4.91. The predicted octanol–water partition coefficient (Wildman–Crippen LogP) is 2.77. The molecule has 6 heteroatoms. The van der Waals surface area contributed by atoms with Crippen molar-refractivity contribution in [2.45, 2.75) is 24.7 Å². The summed E-state index contributed by atoms with van der Waals surface area (Å²) >= 11 is 5.91. The van der Waals surface area contributed by atoms with Crippen LogP contribution >= 0.6 is 11.6 Å². The first-order chi connectivity index (χ1) is 8.95. The van der Waals surface area contributed by atoms with Gasteiger partial charge in [-0.2, -0.15) is 4.31 Å². The van der Waals surface area contributed by atoms with Crippen molar-refractivity contribution in [1.82, 2.24) is 4.31 Å². The largest absolute Gasteiger partial charge is 0.495 e. The van der Waals surface area contributed by atoms with Crippen LogP contribution in [-0.4, -0.2) is 32.9 Å². The van der Waals surface area contributed by atoms with Gasteiger partial charge in [0.25, 0.3) is 0 Å². The summed E-state index contributed by atoms with van der Waals surface area (Å²) in [5.74, 6) is 0.719. The number of nitrogens with zero attached hydrogens (tertiary/aromatic N) is 1. The first-order valence-electron chi connectivity index (χ1n) is 6.29. The number of piperidine rings is 1. The monoisotopic (exact) mass is 303 g/mol. The lowest BCUT2D eigenvalue weighted by Crippen LogP contribution is -2.39. The average molecular weight is 304 g/mol. The Balaban J connectivity index is 2.41. The predicted molar refractivity (Wildman–Crippen MR) is 75.2 cm³/mol. The molecule has 1 heterocycles. The molecule has 1 aliphatic heterocycles. The quantitative estimate of drug-likeness (QED) is 0.862. The van der Waals surface area contributed by atoms with E-state index in [9.17, 15) is 8.42 Å². The van der Waals surface area contributed by atoms with Crippen molar-refractivity contribution in [2.24, 2.45) is 5.92 Å². The van der Waals surface area contributed by atoms with Gasteiger partial charge in [0, 0.05) is 18.1 Å². The minimum Gasteiger partial charge on any atom is -0.495 e. The van der Waals surface area contributed by atoms with Gasteiger partial charge in [-0.25, -0.2) is 8.42 Å². The van der Waals surface area contributed by atoms with E-state index in [1.807, 2.05) is 0 Å². The van der Waals surface area contributed by atoms with Crippen molar-refractivity contribution in [1.29, 1.82) is 0 Å². The van der Waals surface area contributed by atoms with Crippen LogP contribution in [0.15, 0.2) is 23.1 Å². The normalized spacial score (nSPS) is 21.3. The van der Waals surface area contributed by atoms with E-state index in [0.717, 1.165) is 12.8 Å². The minimum absolute atomic E-state index is 0.150. The molecular formula is C13H18ClNO3S. The first-order valence-corrected chi connectivity index (χ1v) is 8.10. The van der Waals surface area contributed by atoms with E-state index >= 15 is 0 Å². The van der Waals surface area contributed by atoms with Crippen LogP contribution in [0.5, 0.6) is 5.75 Å². The van der Waals surface area contributed by atoms with Crippen molar-refractivity contribution in [3.63, 3.8) is 0 Å². The summed E-state index contributed by atoms with van der Waals surface area (Å²) in [4.78, 5) is 0.150. The Morgan fingerprint density at radius 2 is 2.16 bits per heavy atom. The van der Waals surface area contributed by atoms with E-state index in [1.165, 1.54) is 17.5 Å². The highest BCUT2D eigenvalue weighted by Crippen LogP contribution is 2.31. The fourth-order valence-corrected chi connectivity index (χ4v) is 4.37. The maximum absolute atomic E-state index is 12.7. The first kappa shape index (κ1) is 14.6. The van der Waals surface area contributed by atoms with Crippen LogP contribution in [0, 0.1) is 5.92 Å². The van der Waals surface area contributed by atoms with Crippen LogP contribution in [0.2, 0.25) is 5.02 Å².